The van der Waals surface area contributed by atoms with Crippen LogP contribution in [0.3, 0.4) is 0 Å². The average Bonchev–Trinajstić information content (AvgIpc) is 2.86. The number of benzene rings is 1. The molecule has 0 atom stereocenters. The summed E-state index contributed by atoms with van der Waals surface area (Å²) in [5.74, 6) is 0.673. The van der Waals surface area contributed by atoms with Crippen LogP contribution in [-0.4, -0.2) is 11.3 Å². The molecule has 1 aromatic carbocycles. The Morgan fingerprint density at radius 1 is 1.50 bits per heavy atom. The fourth-order valence-electron chi connectivity index (χ4n) is 1.44. The zero-order chi connectivity index (χ0) is 13.0. The van der Waals surface area contributed by atoms with Gasteiger partial charge in [0.25, 0.3) is 0 Å². The quantitative estimate of drug-likeness (QED) is 0.783. The SMILES string of the molecule is CCc1nc(COc2ccc(Br)c(C=O)c2)cs1. The topological polar surface area (TPSA) is 39.2 Å². The third-order valence-electron chi connectivity index (χ3n) is 2.38. The number of rotatable bonds is 5. The maximum absolute atomic E-state index is 10.8. The average molecular weight is 326 g/mol. The first-order valence-electron chi connectivity index (χ1n) is 5.53. The summed E-state index contributed by atoms with van der Waals surface area (Å²) in [6.45, 7) is 2.50. The lowest BCUT2D eigenvalue weighted by molar-refractivity contribution is 0.112. The van der Waals surface area contributed by atoms with Crippen molar-refractivity contribution in [3.8, 4) is 5.75 Å². The van der Waals surface area contributed by atoms with E-state index >= 15 is 0 Å². The van der Waals surface area contributed by atoms with Gasteiger partial charge in [-0.3, -0.25) is 4.79 Å². The first kappa shape index (κ1) is 13.2. The van der Waals surface area contributed by atoms with Gasteiger partial charge < -0.3 is 4.74 Å². The number of carbonyl (C=O) groups excluding carboxylic acids is 1. The minimum Gasteiger partial charge on any atom is -0.487 e. The Balaban J connectivity index is 2.03. The molecule has 0 aliphatic carbocycles. The van der Waals surface area contributed by atoms with Crippen molar-refractivity contribution in [1.29, 1.82) is 0 Å². The molecule has 3 nitrogen and oxygen atoms in total. The second-order valence-electron chi connectivity index (χ2n) is 3.68. The zero-order valence-corrected chi connectivity index (χ0v) is 12.3. The van der Waals surface area contributed by atoms with Crippen LogP contribution in [0.15, 0.2) is 28.1 Å². The van der Waals surface area contributed by atoms with Gasteiger partial charge in [0.2, 0.25) is 0 Å². The Hall–Kier alpha value is -1.20. The van der Waals surface area contributed by atoms with Gasteiger partial charge >= 0.3 is 0 Å². The summed E-state index contributed by atoms with van der Waals surface area (Å²) in [5, 5.41) is 3.11. The summed E-state index contributed by atoms with van der Waals surface area (Å²) in [6.07, 6.45) is 1.74. The molecule has 2 rings (SSSR count). The first-order valence-corrected chi connectivity index (χ1v) is 7.21. The second-order valence-corrected chi connectivity index (χ2v) is 5.47. The van der Waals surface area contributed by atoms with Gasteiger partial charge in [0.05, 0.1) is 10.7 Å². The van der Waals surface area contributed by atoms with E-state index in [4.69, 9.17) is 4.74 Å². The van der Waals surface area contributed by atoms with Crippen LogP contribution in [0.4, 0.5) is 0 Å². The number of hydrogen-bond donors (Lipinski definition) is 0. The van der Waals surface area contributed by atoms with Gasteiger partial charge in [-0.25, -0.2) is 4.98 Å². The monoisotopic (exact) mass is 325 g/mol. The van der Waals surface area contributed by atoms with Gasteiger partial charge in [0.1, 0.15) is 12.4 Å². The van der Waals surface area contributed by atoms with E-state index in [0.29, 0.717) is 17.9 Å². The molecular weight excluding hydrogens is 314 g/mol. The van der Waals surface area contributed by atoms with Crippen molar-refractivity contribution in [3.63, 3.8) is 0 Å². The normalized spacial score (nSPS) is 10.3. The van der Waals surface area contributed by atoms with Crippen molar-refractivity contribution < 1.29 is 9.53 Å². The smallest absolute Gasteiger partial charge is 0.151 e. The molecule has 0 spiro atoms. The van der Waals surface area contributed by atoms with Crippen molar-refractivity contribution >= 4 is 33.6 Å². The van der Waals surface area contributed by atoms with Crippen molar-refractivity contribution in [2.45, 2.75) is 20.0 Å². The van der Waals surface area contributed by atoms with Crippen molar-refractivity contribution in [1.82, 2.24) is 4.98 Å². The summed E-state index contributed by atoms with van der Waals surface area (Å²) >= 11 is 4.94. The standard InChI is InChI=1S/C13H12BrNO2S/c1-2-13-15-10(8-18-13)7-17-11-3-4-12(14)9(5-11)6-16/h3-6,8H,2,7H2,1H3. The highest BCUT2D eigenvalue weighted by Gasteiger charge is 2.04. The molecule has 2 aromatic rings. The van der Waals surface area contributed by atoms with Crippen LogP contribution in [0.2, 0.25) is 0 Å². The van der Waals surface area contributed by atoms with Crippen molar-refractivity contribution in [3.05, 3.63) is 44.3 Å². The molecule has 0 bridgehead atoms. The van der Waals surface area contributed by atoms with Crippen LogP contribution >= 0.6 is 27.3 Å². The fourth-order valence-corrected chi connectivity index (χ4v) is 2.51. The number of carbonyl (C=O) groups is 1. The van der Waals surface area contributed by atoms with Crippen LogP contribution in [0.1, 0.15) is 28.0 Å². The molecule has 0 aliphatic rings. The van der Waals surface area contributed by atoms with Crippen molar-refractivity contribution in [2.75, 3.05) is 0 Å². The van der Waals surface area contributed by atoms with Crippen LogP contribution in [0, 0.1) is 0 Å². The third-order valence-corrected chi connectivity index (χ3v) is 4.15. The lowest BCUT2D eigenvalue weighted by Crippen LogP contribution is -1.97. The van der Waals surface area contributed by atoms with Gasteiger partial charge in [-0.15, -0.1) is 11.3 Å². The number of aryl methyl sites for hydroxylation is 1. The van der Waals surface area contributed by atoms with Gasteiger partial charge in [-0.1, -0.05) is 22.9 Å². The molecule has 1 aromatic heterocycles. The van der Waals surface area contributed by atoms with Crippen LogP contribution in [-0.2, 0) is 13.0 Å². The molecular formula is C13H12BrNO2S. The van der Waals surface area contributed by atoms with Gasteiger partial charge in [0, 0.05) is 15.4 Å². The number of hydrogen-bond acceptors (Lipinski definition) is 4. The van der Waals surface area contributed by atoms with E-state index in [1.165, 1.54) is 0 Å². The summed E-state index contributed by atoms with van der Waals surface area (Å²) in [5.41, 5.74) is 1.51. The Kier molecular flexibility index (Phi) is 4.49. The molecule has 0 aliphatic heterocycles. The van der Waals surface area contributed by atoms with E-state index in [2.05, 4.69) is 27.8 Å². The Labute approximate surface area is 118 Å². The van der Waals surface area contributed by atoms with Gasteiger partial charge in [-0.2, -0.15) is 0 Å². The Morgan fingerprint density at radius 3 is 3.00 bits per heavy atom. The van der Waals surface area contributed by atoms with Gasteiger partial charge in [-0.05, 0) is 24.6 Å². The largest absolute Gasteiger partial charge is 0.487 e. The minimum atomic E-state index is 0.427. The first-order chi connectivity index (χ1) is 8.72. The zero-order valence-electron chi connectivity index (χ0n) is 9.85. The molecule has 0 fully saturated rings. The van der Waals surface area contributed by atoms with E-state index < -0.39 is 0 Å². The van der Waals surface area contributed by atoms with Crippen LogP contribution < -0.4 is 4.74 Å². The number of aldehydes is 1. The number of ether oxygens (including phenoxy) is 1. The highest BCUT2D eigenvalue weighted by molar-refractivity contribution is 9.10. The molecule has 94 valence electrons. The summed E-state index contributed by atoms with van der Waals surface area (Å²) in [6, 6.07) is 5.34. The molecule has 0 saturated carbocycles. The van der Waals surface area contributed by atoms with Crippen LogP contribution in [0.5, 0.6) is 5.75 Å². The highest BCUT2D eigenvalue weighted by atomic mass is 79.9. The van der Waals surface area contributed by atoms with Crippen LogP contribution in [0.25, 0.3) is 0 Å². The number of aromatic nitrogens is 1. The van der Waals surface area contributed by atoms with E-state index in [-0.39, 0.29) is 0 Å². The number of nitrogens with zero attached hydrogens (tertiary/aromatic N) is 1. The van der Waals surface area contributed by atoms with E-state index in [0.717, 1.165) is 27.9 Å². The van der Waals surface area contributed by atoms with E-state index in [1.54, 1.807) is 23.5 Å². The molecule has 0 amide bonds. The number of halogens is 1. The Morgan fingerprint density at radius 2 is 2.33 bits per heavy atom. The number of thiazole rings is 1. The predicted octanol–water partition coefficient (Wildman–Crippen LogP) is 3.86. The van der Waals surface area contributed by atoms with E-state index in [9.17, 15) is 4.79 Å². The molecule has 0 saturated heterocycles. The Bertz CT molecular complexity index is 554. The fraction of sp³-hybridized carbons (Fsp3) is 0.231. The molecule has 18 heavy (non-hydrogen) atoms. The maximum Gasteiger partial charge on any atom is 0.151 e. The molecule has 0 N–H and O–H groups in total. The molecule has 0 unspecified atom stereocenters. The highest BCUT2D eigenvalue weighted by Crippen LogP contribution is 2.22. The minimum absolute atomic E-state index is 0.427. The third kappa shape index (κ3) is 3.17. The second kappa shape index (κ2) is 6.11. The molecule has 1 heterocycles. The van der Waals surface area contributed by atoms with E-state index in [1.807, 2.05) is 11.4 Å². The van der Waals surface area contributed by atoms with Crippen molar-refractivity contribution in [2.24, 2.45) is 0 Å². The lowest BCUT2D eigenvalue weighted by atomic mass is 10.2. The summed E-state index contributed by atoms with van der Waals surface area (Å²) in [7, 11) is 0. The molecule has 5 heteroatoms. The maximum atomic E-state index is 10.8. The summed E-state index contributed by atoms with van der Waals surface area (Å²) < 4.78 is 6.38. The predicted molar refractivity (Wildman–Crippen MR) is 75.4 cm³/mol. The summed E-state index contributed by atoms with van der Waals surface area (Å²) in [4.78, 5) is 15.2. The van der Waals surface area contributed by atoms with Gasteiger partial charge in [0.15, 0.2) is 6.29 Å². The molecule has 0 radical (unpaired) electrons. The lowest BCUT2D eigenvalue weighted by Gasteiger charge is -2.05.